The molecule has 1 aliphatic heterocycles. The van der Waals surface area contributed by atoms with Crippen LogP contribution in [0.2, 0.25) is 0 Å². The van der Waals surface area contributed by atoms with Gasteiger partial charge in [0.2, 0.25) is 5.91 Å². The average molecular weight is 287 g/mol. The Morgan fingerprint density at radius 3 is 3.19 bits per heavy atom. The second kappa shape index (κ2) is 6.56. The van der Waals surface area contributed by atoms with Gasteiger partial charge in [0.15, 0.2) is 0 Å². The van der Waals surface area contributed by atoms with Crippen LogP contribution in [0.15, 0.2) is 24.8 Å². The monoisotopic (exact) mass is 287 g/mol. The quantitative estimate of drug-likeness (QED) is 0.881. The van der Waals surface area contributed by atoms with Gasteiger partial charge in [0.25, 0.3) is 0 Å². The predicted molar refractivity (Wildman–Crippen MR) is 78.7 cm³/mol. The molecule has 0 spiro atoms. The SMILES string of the molecule is O=C(CCCc1cn[nH]c1)N1CCC[C@@H](c2ncc[nH]2)C1. The van der Waals surface area contributed by atoms with E-state index in [4.69, 9.17) is 0 Å². The van der Waals surface area contributed by atoms with Crippen LogP contribution in [0.4, 0.5) is 0 Å². The van der Waals surface area contributed by atoms with Gasteiger partial charge in [-0.2, -0.15) is 5.10 Å². The molecular weight excluding hydrogens is 266 g/mol. The number of nitrogens with one attached hydrogen (secondary N) is 2. The summed E-state index contributed by atoms with van der Waals surface area (Å²) in [4.78, 5) is 21.8. The van der Waals surface area contributed by atoms with E-state index in [1.54, 1.807) is 6.20 Å². The van der Waals surface area contributed by atoms with Crippen molar-refractivity contribution in [2.45, 2.75) is 38.0 Å². The summed E-state index contributed by atoms with van der Waals surface area (Å²) in [5, 5.41) is 6.71. The van der Waals surface area contributed by atoms with Crippen LogP contribution in [-0.2, 0) is 11.2 Å². The standard InChI is InChI=1S/C15H21N5O/c21-14(5-1-3-12-9-18-19-10-12)20-8-2-4-13(11-20)15-16-6-7-17-15/h6-7,9-10,13H,1-5,8,11H2,(H,16,17)(H,18,19)/t13-/m1/s1. The number of hydrogen-bond acceptors (Lipinski definition) is 3. The summed E-state index contributed by atoms with van der Waals surface area (Å²) in [6, 6.07) is 0. The number of aromatic amines is 2. The van der Waals surface area contributed by atoms with Gasteiger partial charge >= 0.3 is 0 Å². The third kappa shape index (κ3) is 3.51. The molecule has 0 bridgehead atoms. The number of imidazole rings is 1. The predicted octanol–water partition coefficient (Wildman–Crippen LogP) is 1.86. The van der Waals surface area contributed by atoms with E-state index in [1.807, 2.05) is 23.5 Å². The molecule has 3 rings (SSSR count). The molecule has 1 saturated heterocycles. The first-order chi connectivity index (χ1) is 10.3. The highest BCUT2D eigenvalue weighted by Gasteiger charge is 2.25. The second-order valence-corrected chi connectivity index (χ2v) is 5.61. The van der Waals surface area contributed by atoms with Crippen molar-refractivity contribution >= 4 is 5.91 Å². The van der Waals surface area contributed by atoms with Crippen LogP contribution in [0.25, 0.3) is 0 Å². The van der Waals surface area contributed by atoms with Gasteiger partial charge in [-0.15, -0.1) is 0 Å². The summed E-state index contributed by atoms with van der Waals surface area (Å²) in [6.07, 6.45) is 11.9. The van der Waals surface area contributed by atoms with E-state index in [2.05, 4.69) is 20.2 Å². The first-order valence-electron chi connectivity index (χ1n) is 7.57. The fourth-order valence-corrected chi connectivity index (χ4v) is 2.94. The summed E-state index contributed by atoms with van der Waals surface area (Å²) in [5.74, 6) is 1.62. The molecule has 2 aromatic heterocycles. The molecule has 1 fully saturated rings. The Hall–Kier alpha value is -2.11. The van der Waals surface area contributed by atoms with Crippen molar-refractivity contribution in [1.82, 2.24) is 25.1 Å². The summed E-state index contributed by atoms with van der Waals surface area (Å²) >= 11 is 0. The number of aromatic nitrogens is 4. The minimum Gasteiger partial charge on any atom is -0.348 e. The van der Waals surface area contributed by atoms with Crippen LogP contribution in [0, 0.1) is 0 Å². The summed E-state index contributed by atoms with van der Waals surface area (Å²) in [5.41, 5.74) is 1.16. The molecule has 21 heavy (non-hydrogen) atoms. The Bertz CT molecular complexity index is 549. The maximum absolute atomic E-state index is 12.3. The number of piperidine rings is 1. The molecule has 0 unspecified atom stereocenters. The molecule has 0 aromatic carbocycles. The van der Waals surface area contributed by atoms with Gasteiger partial charge < -0.3 is 9.88 Å². The Labute approximate surface area is 124 Å². The van der Waals surface area contributed by atoms with Crippen LogP contribution in [-0.4, -0.2) is 44.1 Å². The lowest BCUT2D eigenvalue weighted by atomic mass is 9.97. The molecule has 112 valence electrons. The van der Waals surface area contributed by atoms with Gasteiger partial charge in [-0.1, -0.05) is 0 Å². The van der Waals surface area contributed by atoms with E-state index >= 15 is 0 Å². The van der Waals surface area contributed by atoms with E-state index < -0.39 is 0 Å². The third-order valence-electron chi connectivity index (χ3n) is 4.09. The number of aryl methyl sites for hydroxylation is 1. The zero-order valence-electron chi connectivity index (χ0n) is 12.1. The number of amides is 1. The first-order valence-corrected chi connectivity index (χ1v) is 7.57. The lowest BCUT2D eigenvalue weighted by Gasteiger charge is -2.32. The molecular formula is C15H21N5O. The molecule has 0 saturated carbocycles. The number of rotatable bonds is 5. The molecule has 0 aliphatic carbocycles. The zero-order valence-corrected chi connectivity index (χ0v) is 12.1. The summed E-state index contributed by atoms with van der Waals surface area (Å²) in [7, 11) is 0. The number of hydrogen-bond donors (Lipinski definition) is 2. The minimum atomic E-state index is 0.259. The van der Waals surface area contributed by atoms with Crippen molar-refractivity contribution in [2.75, 3.05) is 13.1 Å². The van der Waals surface area contributed by atoms with E-state index in [0.717, 1.165) is 50.2 Å². The topological polar surface area (TPSA) is 77.7 Å². The van der Waals surface area contributed by atoms with Gasteiger partial charge in [0.05, 0.1) is 6.20 Å². The van der Waals surface area contributed by atoms with Gasteiger partial charge in [0, 0.05) is 44.0 Å². The van der Waals surface area contributed by atoms with Crippen molar-refractivity contribution in [3.63, 3.8) is 0 Å². The summed E-state index contributed by atoms with van der Waals surface area (Å²) < 4.78 is 0. The highest BCUT2D eigenvalue weighted by Crippen LogP contribution is 2.24. The highest BCUT2D eigenvalue weighted by atomic mass is 16.2. The van der Waals surface area contributed by atoms with E-state index in [9.17, 15) is 4.79 Å². The van der Waals surface area contributed by atoms with E-state index in [-0.39, 0.29) is 5.91 Å². The van der Waals surface area contributed by atoms with Crippen LogP contribution in [0.1, 0.15) is 43.0 Å². The normalized spacial score (nSPS) is 18.9. The van der Waals surface area contributed by atoms with Crippen LogP contribution < -0.4 is 0 Å². The maximum Gasteiger partial charge on any atom is 0.222 e. The molecule has 2 aromatic rings. The van der Waals surface area contributed by atoms with Crippen molar-refractivity contribution in [1.29, 1.82) is 0 Å². The molecule has 1 amide bonds. The molecule has 1 aliphatic rings. The molecule has 2 N–H and O–H groups in total. The van der Waals surface area contributed by atoms with Crippen molar-refractivity contribution in [3.05, 3.63) is 36.2 Å². The highest BCUT2D eigenvalue weighted by molar-refractivity contribution is 5.76. The lowest BCUT2D eigenvalue weighted by molar-refractivity contribution is -0.132. The summed E-state index contributed by atoms with van der Waals surface area (Å²) in [6.45, 7) is 1.67. The Balaban J connectivity index is 1.48. The van der Waals surface area contributed by atoms with Gasteiger partial charge in [-0.05, 0) is 31.2 Å². The molecule has 6 nitrogen and oxygen atoms in total. The van der Waals surface area contributed by atoms with Crippen molar-refractivity contribution in [3.8, 4) is 0 Å². The zero-order chi connectivity index (χ0) is 14.5. The number of H-pyrrole nitrogens is 2. The maximum atomic E-state index is 12.3. The molecule has 0 radical (unpaired) electrons. The minimum absolute atomic E-state index is 0.259. The van der Waals surface area contributed by atoms with Crippen molar-refractivity contribution < 1.29 is 4.79 Å². The number of carbonyl (C=O) groups is 1. The molecule has 6 heteroatoms. The van der Waals surface area contributed by atoms with Crippen LogP contribution in [0.3, 0.4) is 0 Å². The number of carbonyl (C=O) groups excluding carboxylic acids is 1. The fraction of sp³-hybridized carbons (Fsp3) is 0.533. The Morgan fingerprint density at radius 1 is 1.48 bits per heavy atom. The fourth-order valence-electron chi connectivity index (χ4n) is 2.94. The third-order valence-corrected chi connectivity index (χ3v) is 4.09. The number of nitrogens with zero attached hydrogens (tertiary/aromatic N) is 3. The lowest BCUT2D eigenvalue weighted by Crippen LogP contribution is -2.39. The average Bonchev–Trinajstić information content (AvgIpc) is 3.21. The molecule has 3 heterocycles. The second-order valence-electron chi connectivity index (χ2n) is 5.61. The van der Waals surface area contributed by atoms with Gasteiger partial charge in [-0.3, -0.25) is 9.89 Å². The van der Waals surface area contributed by atoms with E-state index in [0.29, 0.717) is 12.3 Å². The smallest absolute Gasteiger partial charge is 0.222 e. The van der Waals surface area contributed by atoms with Crippen LogP contribution in [0.5, 0.6) is 0 Å². The van der Waals surface area contributed by atoms with E-state index in [1.165, 1.54) is 0 Å². The Morgan fingerprint density at radius 2 is 2.43 bits per heavy atom. The van der Waals surface area contributed by atoms with Gasteiger partial charge in [0.1, 0.15) is 5.82 Å². The first kappa shape index (κ1) is 13.9. The largest absolute Gasteiger partial charge is 0.348 e. The Kier molecular flexibility index (Phi) is 4.33. The number of likely N-dealkylation sites (tertiary alicyclic amines) is 1. The van der Waals surface area contributed by atoms with Crippen molar-refractivity contribution in [2.24, 2.45) is 0 Å². The molecule has 1 atom stereocenters. The van der Waals surface area contributed by atoms with Crippen LogP contribution >= 0.6 is 0 Å². The van der Waals surface area contributed by atoms with Gasteiger partial charge in [-0.25, -0.2) is 4.98 Å².